The number of phosphoric ester groups is 1. The van der Waals surface area contributed by atoms with Crippen molar-refractivity contribution in [1.29, 1.82) is 0 Å². The van der Waals surface area contributed by atoms with Crippen LogP contribution in [0.4, 0.5) is 0 Å². The molecule has 0 aromatic rings. The van der Waals surface area contributed by atoms with Crippen molar-refractivity contribution in [2.45, 2.75) is 161 Å². The van der Waals surface area contributed by atoms with Crippen LogP contribution in [-0.4, -0.2) is 49.9 Å². The summed E-state index contributed by atoms with van der Waals surface area (Å²) in [6.07, 6.45) is 31.0. The first-order valence-electron chi connectivity index (χ1n) is 17.2. The molecule has 0 aliphatic carbocycles. The van der Waals surface area contributed by atoms with E-state index >= 15 is 0 Å². The number of unbranched alkanes of at least 4 members (excludes halogenated alkanes) is 18. The van der Waals surface area contributed by atoms with Crippen molar-refractivity contribution < 1.29 is 32.8 Å². The molecule has 0 fully saturated rings. The average Bonchev–Trinajstić information content (AvgIpc) is 2.97. The molecule has 3 N–H and O–H groups in total. The fourth-order valence-corrected chi connectivity index (χ4v) is 5.44. The summed E-state index contributed by atoms with van der Waals surface area (Å²) in [6.45, 7) is 4.55. The third kappa shape index (κ3) is 30.7. The second-order valence-electron chi connectivity index (χ2n) is 11.4. The van der Waals surface area contributed by atoms with Crippen molar-refractivity contribution in [3.63, 3.8) is 0 Å². The summed E-state index contributed by atoms with van der Waals surface area (Å²) in [4.78, 5) is 21.5. The summed E-state index contributed by atoms with van der Waals surface area (Å²) in [6, 6.07) is 0. The lowest BCUT2D eigenvalue weighted by molar-refractivity contribution is -0.154. The van der Waals surface area contributed by atoms with E-state index in [1.165, 1.54) is 116 Å². The SMILES string of the molecule is CCCCCCCCCC/C=C\CCCCCCCCCCCCOCC(COP(=O)(O)OCCN)OC(=O)CCC. The molecule has 250 valence electrons. The van der Waals surface area contributed by atoms with Crippen LogP contribution < -0.4 is 5.73 Å². The maximum Gasteiger partial charge on any atom is 0.472 e. The Morgan fingerprint density at radius 3 is 1.69 bits per heavy atom. The van der Waals surface area contributed by atoms with Crippen LogP contribution in [0.3, 0.4) is 0 Å². The zero-order valence-electron chi connectivity index (χ0n) is 27.2. The summed E-state index contributed by atoms with van der Waals surface area (Å²) in [5.41, 5.74) is 5.28. The van der Waals surface area contributed by atoms with E-state index in [1.807, 2.05) is 6.92 Å². The van der Waals surface area contributed by atoms with E-state index in [2.05, 4.69) is 19.1 Å². The molecule has 2 unspecified atom stereocenters. The second-order valence-corrected chi connectivity index (χ2v) is 12.8. The summed E-state index contributed by atoms with van der Waals surface area (Å²) >= 11 is 0. The molecule has 2 atom stereocenters. The number of ether oxygens (including phenoxy) is 2. The molecule has 0 heterocycles. The van der Waals surface area contributed by atoms with Crippen LogP contribution in [0.15, 0.2) is 12.2 Å². The Morgan fingerprint density at radius 1 is 0.690 bits per heavy atom. The topological polar surface area (TPSA) is 117 Å². The van der Waals surface area contributed by atoms with Gasteiger partial charge in [0.2, 0.25) is 0 Å². The minimum Gasteiger partial charge on any atom is -0.457 e. The Bertz CT molecular complexity index is 662. The molecule has 0 aliphatic heterocycles. The number of esters is 1. The summed E-state index contributed by atoms with van der Waals surface area (Å²) in [7, 11) is -4.23. The van der Waals surface area contributed by atoms with Gasteiger partial charge in [0, 0.05) is 19.6 Å². The third-order valence-corrected chi connectivity index (χ3v) is 8.14. The Labute approximate surface area is 258 Å². The fraction of sp³-hybridized carbons (Fsp3) is 0.909. The highest BCUT2D eigenvalue weighted by Gasteiger charge is 2.25. The monoisotopic (exact) mass is 619 g/mol. The van der Waals surface area contributed by atoms with Gasteiger partial charge >= 0.3 is 13.8 Å². The van der Waals surface area contributed by atoms with Gasteiger partial charge in [0.15, 0.2) is 0 Å². The lowest BCUT2D eigenvalue weighted by Crippen LogP contribution is -2.28. The molecular weight excluding hydrogens is 553 g/mol. The van der Waals surface area contributed by atoms with Crippen LogP contribution in [0, 0.1) is 0 Å². The van der Waals surface area contributed by atoms with Crippen LogP contribution >= 0.6 is 7.82 Å². The first-order valence-corrected chi connectivity index (χ1v) is 18.7. The molecule has 0 spiro atoms. The van der Waals surface area contributed by atoms with Gasteiger partial charge in [0.1, 0.15) is 6.10 Å². The minimum absolute atomic E-state index is 0.0953. The highest BCUT2D eigenvalue weighted by atomic mass is 31.2. The van der Waals surface area contributed by atoms with Crippen molar-refractivity contribution in [3.05, 3.63) is 12.2 Å². The predicted octanol–water partition coefficient (Wildman–Crippen LogP) is 9.19. The van der Waals surface area contributed by atoms with E-state index in [4.69, 9.17) is 24.3 Å². The Morgan fingerprint density at radius 2 is 1.19 bits per heavy atom. The zero-order valence-corrected chi connectivity index (χ0v) is 28.1. The van der Waals surface area contributed by atoms with Gasteiger partial charge in [-0.15, -0.1) is 0 Å². The third-order valence-electron chi connectivity index (χ3n) is 7.15. The molecule has 0 saturated heterocycles. The van der Waals surface area contributed by atoms with Gasteiger partial charge in [-0.25, -0.2) is 4.57 Å². The fourth-order valence-electron chi connectivity index (χ4n) is 4.67. The first-order chi connectivity index (χ1) is 20.4. The molecule has 0 aliphatic rings. The van der Waals surface area contributed by atoms with Gasteiger partial charge in [-0.1, -0.05) is 122 Å². The average molecular weight is 620 g/mol. The standard InChI is InChI=1S/C33H66NO7P/c1-3-5-6-7-8-9-10-11-12-13-14-15-16-17-18-19-20-21-22-23-24-25-28-38-30-32(41-33(35)26-4-2)31-40-42(36,37)39-29-27-34/h13-14,32H,3-12,15-31,34H2,1-2H3,(H,36,37)/b14-13-. The molecule has 0 aromatic carbocycles. The van der Waals surface area contributed by atoms with Gasteiger partial charge in [-0.3, -0.25) is 13.8 Å². The Hall–Kier alpha value is -0.760. The molecular formula is C33H66NO7P. The molecule has 42 heavy (non-hydrogen) atoms. The second kappa shape index (κ2) is 31.7. The van der Waals surface area contributed by atoms with Crippen LogP contribution in [0.5, 0.6) is 0 Å². The highest BCUT2D eigenvalue weighted by molar-refractivity contribution is 7.47. The smallest absolute Gasteiger partial charge is 0.457 e. The summed E-state index contributed by atoms with van der Waals surface area (Å²) in [5, 5.41) is 0. The molecule has 9 heteroatoms. The van der Waals surface area contributed by atoms with Gasteiger partial charge in [0.25, 0.3) is 0 Å². The highest BCUT2D eigenvalue weighted by Crippen LogP contribution is 2.43. The van der Waals surface area contributed by atoms with E-state index in [-0.39, 0.29) is 38.8 Å². The molecule has 0 aromatic heterocycles. The number of hydrogen-bond acceptors (Lipinski definition) is 7. The van der Waals surface area contributed by atoms with Crippen molar-refractivity contribution >= 4 is 13.8 Å². The lowest BCUT2D eigenvalue weighted by Gasteiger charge is -2.19. The van der Waals surface area contributed by atoms with Gasteiger partial charge in [-0.2, -0.15) is 0 Å². The first kappa shape index (κ1) is 41.2. The largest absolute Gasteiger partial charge is 0.472 e. The summed E-state index contributed by atoms with van der Waals surface area (Å²) in [5.74, 6) is -0.383. The Balaban J connectivity index is 3.63. The number of phosphoric acid groups is 1. The number of allylic oxidation sites excluding steroid dienone is 2. The van der Waals surface area contributed by atoms with Crippen molar-refractivity contribution in [2.75, 3.05) is 33.0 Å². The normalized spacial score (nSPS) is 13.9. The van der Waals surface area contributed by atoms with Crippen LogP contribution in [-0.2, 0) is 27.9 Å². The number of rotatable bonds is 33. The number of nitrogens with two attached hydrogens (primary N) is 1. The maximum atomic E-state index is 11.9. The van der Waals surface area contributed by atoms with Crippen LogP contribution in [0.2, 0.25) is 0 Å². The quantitative estimate of drug-likeness (QED) is 0.0323. The lowest BCUT2D eigenvalue weighted by atomic mass is 10.1. The zero-order chi connectivity index (χ0) is 31.0. The van der Waals surface area contributed by atoms with Crippen LogP contribution in [0.25, 0.3) is 0 Å². The maximum absolute atomic E-state index is 11.9. The van der Waals surface area contributed by atoms with Crippen molar-refractivity contribution in [1.82, 2.24) is 0 Å². The van der Waals surface area contributed by atoms with Gasteiger partial charge < -0.3 is 20.1 Å². The van der Waals surface area contributed by atoms with E-state index < -0.39 is 13.9 Å². The van der Waals surface area contributed by atoms with Crippen LogP contribution in [0.1, 0.15) is 155 Å². The van der Waals surface area contributed by atoms with E-state index in [9.17, 15) is 14.3 Å². The number of hydrogen-bond donors (Lipinski definition) is 2. The summed E-state index contributed by atoms with van der Waals surface area (Å²) < 4.78 is 32.5. The predicted molar refractivity (Wildman–Crippen MR) is 174 cm³/mol. The molecule has 0 radical (unpaired) electrons. The number of carbonyl (C=O) groups excluding carboxylic acids is 1. The van der Waals surface area contributed by atoms with Gasteiger partial charge in [-0.05, 0) is 38.5 Å². The molecule has 0 amide bonds. The van der Waals surface area contributed by atoms with Gasteiger partial charge in [0.05, 0.1) is 19.8 Å². The minimum atomic E-state index is -4.23. The molecule has 8 nitrogen and oxygen atoms in total. The van der Waals surface area contributed by atoms with Crippen molar-refractivity contribution in [2.24, 2.45) is 5.73 Å². The molecule has 0 saturated carbocycles. The molecule has 0 rings (SSSR count). The van der Waals surface area contributed by atoms with Crippen molar-refractivity contribution in [3.8, 4) is 0 Å². The van der Waals surface area contributed by atoms with E-state index in [0.29, 0.717) is 13.0 Å². The van der Waals surface area contributed by atoms with E-state index in [0.717, 1.165) is 12.8 Å². The molecule has 0 bridgehead atoms. The van der Waals surface area contributed by atoms with E-state index in [1.54, 1.807) is 0 Å². The number of carbonyl (C=O) groups is 1. The Kier molecular flexibility index (Phi) is 31.1.